The summed E-state index contributed by atoms with van der Waals surface area (Å²) < 4.78 is 17.9. The van der Waals surface area contributed by atoms with Crippen LogP contribution in [0.4, 0.5) is 0 Å². The van der Waals surface area contributed by atoms with Gasteiger partial charge in [0.2, 0.25) is 0 Å². The Morgan fingerprint density at radius 1 is 1.03 bits per heavy atom. The molecular weight excluding hydrogens is 368 g/mol. The predicted octanol–water partition coefficient (Wildman–Crippen LogP) is 5.11. The first-order chi connectivity index (χ1) is 13.9. The summed E-state index contributed by atoms with van der Waals surface area (Å²) in [5, 5.41) is 19.4. The second-order valence-corrected chi connectivity index (χ2v) is 7.43. The third kappa shape index (κ3) is 6.24. The highest BCUT2D eigenvalue weighted by Crippen LogP contribution is 2.34. The Kier molecular flexibility index (Phi) is 8.55. The Morgan fingerprint density at radius 2 is 1.79 bits per heavy atom. The SMILES string of the molecule is C/C=C/c1ccc(O[C@@H](C)[C@@H](OCC(C)C)c2ccc(O)c(CO)c2)c(OC)c1. The number of phenols is 1. The predicted molar refractivity (Wildman–Crippen MR) is 115 cm³/mol. The molecule has 0 bridgehead atoms. The van der Waals surface area contributed by atoms with Crippen LogP contribution in [0.5, 0.6) is 17.2 Å². The maximum Gasteiger partial charge on any atom is 0.161 e. The minimum Gasteiger partial charge on any atom is -0.508 e. The molecule has 0 aliphatic heterocycles. The third-order valence-corrected chi connectivity index (χ3v) is 4.50. The first-order valence-corrected chi connectivity index (χ1v) is 9.91. The van der Waals surface area contributed by atoms with E-state index in [0.29, 0.717) is 29.6 Å². The topological polar surface area (TPSA) is 68.2 Å². The van der Waals surface area contributed by atoms with Crippen molar-refractivity contribution in [3.05, 3.63) is 59.2 Å². The molecule has 0 aliphatic carbocycles. The summed E-state index contributed by atoms with van der Waals surface area (Å²) in [7, 11) is 1.62. The number of aliphatic hydroxyl groups excluding tert-OH is 1. The molecule has 0 saturated carbocycles. The molecule has 0 aromatic heterocycles. The van der Waals surface area contributed by atoms with Gasteiger partial charge in [0.25, 0.3) is 0 Å². The molecule has 0 amide bonds. The number of rotatable bonds is 10. The summed E-state index contributed by atoms with van der Waals surface area (Å²) in [6, 6.07) is 10.9. The highest BCUT2D eigenvalue weighted by molar-refractivity contribution is 5.55. The number of aromatic hydroxyl groups is 1. The van der Waals surface area contributed by atoms with Crippen molar-refractivity contribution in [2.45, 2.75) is 46.5 Å². The molecule has 0 unspecified atom stereocenters. The fourth-order valence-corrected chi connectivity index (χ4v) is 3.05. The van der Waals surface area contributed by atoms with Gasteiger partial charge < -0.3 is 24.4 Å². The number of ether oxygens (including phenoxy) is 3. The summed E-state index contributed by atoms with van der Waals surface area (Å²) in [6.07, 6.45) is 3.27. The van der Waals surface area contributed by atoms with E-state index in [9.17, 15) is 10.2 Å². The van der Waals surface area contributed by atoms with E-state index in [0.717, 1.165) is 11.1 Å². The van der Waals surface area contributed by atoms with Gasteiger partial charge in [0, 0.05) is 12.2 Å². The number of methoxy groups -OCH3 is 1. The molecule has 5 heteroatoms. The van der Waals surface area contributed by atoms with Gasteiger partial charge in [-0.25, -0.2) is 0 Å². The highest BCUT2D eigenvalue weighted by atomic mass is 16.6. The van der Waals surface area contributed by atoms with Gasteiger partial charge in [-0.2, -0.15) is 0 Å². The first-order valence-electron chi connectivity index (χ1n) is 9.91. The van der Waals surface area contributed by atoms with Gasteiger partial charge in [-0.1, -0.05) is 38.1 Å². The zero-order valence-corrected chi connectivity index (χ0v) is 17.9. The minimum atomic E-state index is -0.372. The van der Waals surface area contributed by atoms with E-state index in [-0.39, 0.29) is 24.6 Å². The molecule has 2 aromatic rings. The Balaban J connectivity index is 2.31. The van der Waals surface area contributed by atoms with Gasteiger partial charge in [0.05, 0.1) is 13.7 Å². The van der Waals surface area contributed by atoms with Crippen LogP contribution >= 0.6 is 0 Å². The number of hydrogen-bond acceptors (Lipinski definition) is 5. The molecule has 2 aromatic carbocycles. The van der Waals surface area contributed by atoms with E-state index in [1.54, 1.807) is 25.3 Å². The minimum absolute atomic E-state index is 0.0636. The van der Waals surface area contributed by atoms with E-state index in [4.69, 9.17) is 14.2 Å². The average Bonchev–Trinajstić information content (AvgIpc) is 2.70. The van der Waals surface area contributed by atoms with Crippen molar-refractivity contribution < 1.29 is 24.4 Å². The third-order valence-electron chi connectivity index (χ3n) is 4.50. The van der Waals surface area contributed by atoms with Crippen molar-refractivity contribution in [3.8, 4) is 17.2 Å². The molecule has 29 heavy (non-hydrogen) atoms. The summed E-state index contributed by atoms with van der Waals surface area (Å²) in [5.41, 5.74) is 2.33. The van der Waals surface area contributed by atoms with Crippen LogP contribution in [0, 0.1) is 5.92 Å². The lowest BCUT2D eigenvalue weighted by atomic mass is 10.0. The molecule has 158 valence electrons. The Morgan fingerprint density at radius 3 is 2.41 bits per heavy atom. The van der Waals surface area contributed by atoms with Crippen LogP contribution in [0.1, 0.15) is 50.5 Å². The van der Waals surface area contributed by atoms with Crippen LogP contribution in [0.3, 0.4) is 0 Å². The smallest absolute Gasteiger partial charge is 0.161 e. The van der Waals surface area contributed by atoms with Gasteiger partial charge in [-0.3, -0.25) is 0 Å². The molecular formula is C24H32O5. The van der Waals surface area contributed by atoms with Crippen molar-refractivity contribution >= 4 is 6.08 Å². The average molecular weight is 401 g/mol. The van der Waals surface area contributed by atoms with Crippen molar-refractivity contribution in [1.29, 1.82) is 0 Å². The van der Waals surface area contributed by atoms with Crippen molar-refractivity contribution in [3.63, 3.8) is 0 Å². The van der Waals surface area contributed by atoms with Crippen LogP contribution in [0.2, 0.25) is 0 Å². The standard InChI is InChI=1S/C24H32O5/c1-6-7-18-8-11-22(23(12-18)27-5)29-17(4)24(28-15-16(2)3)19-9-10-21(26)20(13-19)14-25/h6-13,16-17,24-26H,14-15H2,1-5H3/b7-6+/t17-,24+/m0/s1. The maximum atomic E-state index is 9.89. The van der Waals surface area contributed by atoms with Gasteiger partial charge in [-0.05, 0) is 55.2 Å². The summed E-state index contributed by atoms with van der Waals surface area (Å²) >= 11 is 0. The van der Waals surface area contributed by atoms with Crippen molar-refractivity contribution in [1.82, 2.24) is 0 Å². The highest BCUT2D eigenvalue weighted by Gasteiger charge is 2.24. The fraction of sp³-hybridized carbons (Fsp3) is 0.417. The lowest BCUT2D eigenvalue weighted by Crippen LogP contribution is -2.26. The lowest BCUT2D eigenvalue weighted by molar-refractivity contribution is -0.0315. The quantitative estimate of drug-likeness (QED) is 0.580. The molecule has 0 saturated heterocycles. The molecule has 0 fully saturated rings. The van der Waals surface area contributed by atoms with Crippen molar-refractivity contribution in [2.24, 2.45) is 5.92 Å². The lowest BCUT2D eigenvalue weighted by Gasteiger charge is -2.27. The number of aliphatic hydroxyl groups is 1. The van der Waals surface area contributed by atoms with Crippen molar-refractivity contribution in [2.75, 3.05) is 13.7 Å². The van der Waals surface area contributed by atoms with Crippen LogP contribution in [0.25, 0.3) is 6.08 Å². The van der Waals surface area contributed by atoms with E-state index >= 15 is 0 Å². The second kappa shape index (κ2) is 10.9. The molecule has 2 atom stereocenters. The molecule has 0 heterocycles. The largest absolute Gasteiger partial charge is 0.508 e. The van der Waals surface area contributed by atoms with Crippen LogP contribution in [0.15, 0.2) is 42.5 Å². The zero-order chi connectivity index (χ0) is 21.4. The number of hydrogen-bond donors (Lipinski definition) is 2. The summed E-state index contributed by atoms with van der Waals surface area (Å²) in [6.45, 7) is 8.39. The summed E-state index contributed by atoms with van der Waals surface area (Å²) in [5.74, 6) is 1.70. The first kappa shape index (κ1) is 22.8. The molecule has 0 radical (unpaired) electrons. The second-order valence-electron chi connectivity index (χ2n) is 7.43. The van der Waals surface area contributed by atoms with Gasteiger partial charge in [-0.15, -0.1) is 0 Å². The van der Waals surface area contributed by atoms with E-state index < -0.39 is 0 Å². The van der Waals surface area contributed by atoms with Crippen LogP contribution < -0.4 is 9.47 Å². The molecule has 0 aliphatic rings. The Hall–Kier alpha value is -2.50. The maximum absolute atomic E-state index is 9.89. The molecule has 0 spiro atoms. The Labute approximate surface area is 173 Å². The normalized spacial score (nSPS) is 13.6. The van der Waals surface area contributed by atoms with Crippen LogP contribution in [-0.4, -0.2) is 30.0 Å². The number of benzene rings is 2. The van der Waals surface area contributed by atoms with E-state index in [2.05, 4.69) is 13.8 Å². The summed E-state index contributed by atoms with van der Waals surface area (Å²) in [4.78, 5) is 0. The monoisotopic (exact) mass is 400 g/mol. The van der Waals surface area contributed by atoms with Gasteiger partial charge >= 0.3 is 0 Å². The Bertz CT molecular complexity index is 813. The van der Waals surface area contributed by atoms with E-state index in [1.165, 1.54) is 0 Å². The van der Waals surface area contributed by atoms with Crippen LogP contribution in [-0.2, 0) is 11.3 Å². The molecule has 5 nitrogen and oxygen atoms in total. The van der Waals surface area contributed by atoms with Gasteiger partial charge in [0.1, 0.15) is 18.0 Å². The van der Waals surface area contributed by atoms with E-state index in [1.807, 2.05) is 44.2 Å². The van der Waals surface area contributed by atoms with Gasteiger partial charge in [0.15, 0.2) is 11.5 Å². The zero-order valence-electron chi connectivity index (χ0n) is 17.9. The fourth-order valence-electron chi connectivity index (χ4n) is 3.05. The number of allylic oxidation sites excluding steroid dienone is 1. The molecule has 2 N–H and O–H groups in total. The molecule has 2 rings (SSSR count).